The monoisotopic (exact) mass is 504 g/mol. The second-order valence-electron chi connectivity index (χ2n) is 9.20. The highest BCUT2D eigenvalue weighted by Gasteiger charge is 2.50. The fraction of sp³-hybridized carbons (Fsp3) is 0.310. The van der Waals surface area contributed by atoms with Gasteiger partial charge in [-0.25, -0.2) is 19.4 Å². The molecule has 8 nitrogen and oxygen atoms in total. The standard InChI is InChI=1S/C29H28O8/c1-18-3-7-20(8-4-18)15-34-37-25-17-33-26-24(16-32-27(25)26)36-29(31)22-11-13-23(14-12-22)35-28(30)21-9-5-19(2)6-10-21/h3-14,24-27H,15-17H2,1-2H3/t24?,25-,26?,27?/m0/s1. The molecule has 2 aliphatic heterocycles. The van der Waals surface area contributed by atoms with Crippen LogP contribution in [0, 0.1) is 13.8 Å². The summed E-state index contributed by atoms with van der Waals surface area (Å²) >= 11 is 0. The van der Waals surface area contributed by atoms with Gasteiger partial charge in [0, 0.05) is 0 Å². The van der Waals surface area contributed by atoms with Gasteiger partial charge in [-0.05, 0) is 55.8 Å². The molecule has 3 unspecified atom stereocenters. The minimum atomic E-state index is -0.567. The molecule has 0 amide bonds. The molecule has 2 aliphatic rings. The molecule has 0 bridgehead atoms. The molecular formula is C29H28O8. The second-order valence-corrected chi connectivity index (χ2v) is 9.20. The first-order valence-electron chi connectivity index (χ1n) is 12.1. The fourth-order valence-electron chi connectivity index (χ4n) is 4.21. The smallest absolute Gasteiger partial charge is 0.343 e. The highest BCUT2D eigenvalue weighted by Crippen LogP contribution is 2.31. The average molecular weight is 505 g/mol. The summed E-state index contributed by atoms with van der Waals surface area (Å²) in [6, 6.07) is 21.3. The van der Waals surface area contributed by atoms with Crippen LogP contribution in [0.25, 0.3) is 0 Å². The van der Waals surface area contributed by atoms with Crippen LogP contribution < -0.4 is 4.74 Å². The number of hydrogen-bond donors (Lipinski definition) is 0. The zero-order chi connectivity index (χ0) is 25.8. The lowest BCUT2D eigenvalue weighted by molar-refractivity contribution is -0.341. The van der Waals surface area contributed by atoms with Crippen LogP contribution in [-0.4, -0.2) is 49.6 Å². The maximum absolute atomic E-state index is 12.7. The summed E-state index contributed by atoms with van der Waals surface area (Å²) in [5.74, 6) is -0.659. The quantitative estimate of drug-likeness (QED) is 0.194. The van der Waals surface area contributed by atoms with E-state index in [9.17, 15) is 9.59 Å². The number of fused-ring (bicyclic) bond motifs is 1. The van der Waals surface area contributed by atoms with E-state index in [2.05, 4.69) is 0 Å². The topological polar surface area (TPSA) is 89.5 Å². The van der Waals surface area contributed by atoms with E-state index in [0.717, 1.165) is 11.1 Å². The van der Waals surface area contributed by atoms with Gasteiger partial charge in [-0.3, -0.25) is 0 Å². The van der Waals surface area contributed by atoms with Crippen LogP contribution in [-0.2, 0) is 30.6 Å². The van der Waals surface area contributed by atoms with Crippen LogP contribution in [0.1, 0.15) is 37.4 Å². The maximum atomic E-state index is 12.7. The van der Waals surface area contributed by atoms with Gasteiger partial charge >= 0.3 is 11.9 Å². The third-order valence-electron chi connectivity index (χ3n) is 6.35. The predicted molar refractivity (Wildman–Crippen MR) is 132 cm³/mol. The number of hydrogen-bond acceptors (Lipinski definition) is 8. The summed E-state index contributed by atoms with van der Waals surface area (Å²) in [5, 5.41) is 0. The number of benzene rings is 3. The zero-order valence-corrected chi connectivity index (χ0v) is 20.6. The van der Waals surface area contributed by atoms with Crippen molar-refractivity contribution in [1.29, 1.82) is 0 Å². The van der Waals surface area contributed by atoms with E-state index in [1.807, 2.05) is 50.2 Å². The Labute approximate surface area is 214 Å². The predicted octanol–water partition coefficient (Wildman–Crippen LogP) is 4.36. The van der Waals surface area contributed by atoms with E-state index in [1.54, 1.807) is 36.4 Å². The first kappa shape index (κ1) is 25.1. The Morgan fingerprint density at radius 3 is 1.95 bits per heavy atom. The lowest BCUT2D eigenvalue weighted by atomic mass is 10.1. The van der Waals surface area contributed by atoms with Gasteiger partial charge in [0.2, 0.25) is 0 Å². The van der Waals surface area contributed by atoms with Crippen LogP contribution >= 0.6 is 0 Å². The van der Waals surface area contributed by atoms with Gasteiger partial charge in [0.25, 0.3) is 0 Å². The molecule has 0 aliphatic carbocycles. The molecule has 0 N–H and O–H groups in total. The van der Waals surface area contributed by atoms with Gasteiger partial charge in [0.15, 0.2) is 6.10 Å². The van der Waals surface area contributed by atoms with Gasteiger partial charge in [-0.15, -0.1) is 0 Å². The van der Waals surface area contributed by atoms with Crippen LogP contribution in [0.15, 0.2) is 72.8 Å². The van der Waals surface area contributed by atoms with E-state index in [0.29, 0.717) is 23.5 Å². The third kappa shape index (κ3) is 6.06. The van der Waals surface area contributed by atoms with E-state index in [-0.39, 0.29) is 19.3 Å². The summed E-state index contributed by atoms with van der Waals surface area (Å²) in [4.78, 5) is 36.0. The highest BCUT2D eigenvalue weighted by molar-refractivity contribution is 5.92. The Kier molecular flexibility index (Phi) is 7.62. The molecule has 0 radical (unpaired) electrons. The van der Waals surface area contributed by atoms with Crippen molar-refractivity contribution in [3.05, 3.63) is 101 Å². The van der Waals surface area contributed by atoms with Crippen molar-refractivity contribution >= 4 is 11.9 Å². The van der Waals surface area contributed by atoms with Crippen molar-refractivity contribution < 1.29 is 38.3 Å². The second kappa shape index (κ2) is 11.2. The maximum Gasteiger partial charge on any atom is 0.343 e. The molecule has 5 rings (SSSR count). The largest absolute Gasteiger partial charge is 0.453 e. The Balaban J connectivity index is 1.10. The molecule has 2 saturated heterocycles. The van der Waals surface area contributed by atoms with E-state index in [4.69, 9.17) is 28.7 Å². The van der Waals surface area contributed by atoms with Crippen molar-refractivity contribution in [1.82, 2.24) is 0 Å². The zero-order valence-electron chi connectivity index (χ0n) is 20.6. The highest BCUT2D eigenvalue weighted by atomic mass is 17.2. The summed E-state index contributed by atoms with van der Waals surface area (Å²) in [5.41, 5.74) is 4.00. The molecule has 0 aromatic heterocycles. The van der Waals surface area contributed by atoms with Crippen molar-refractivity contribution in [2.24, 2.45) is 0 Å². The van der Waals surface area contributed by atoms with Gasteiger partial charge in [-0.1, -0.05) is 47.5 Å². The molecule has 2 heterocycles. The van der Waals surface area contributed by atoms with Crippen molar-refractivity contribution in [3.63, 3.8) is 0 Å². The molecule has 0 saturated carbocycles. The Morgan fingerprint density at radius 2 is 1.27 bits per heavy atom. The van der Waals surface area contributed by atoms with Crippen LogP contribution in [0.5, 0.6) is 5.75 Å². The normalized spacial score (nSPS) is 22.4. The minimum Gasteiger partial charge on any atom is -0.453 e. The molecule has 4 atom stereocenters. The number of carbonyl (C=O) groups is 2. The summed E-state index contributed by atoms with van der Waals surface area (Å²) < 4.78 is 22.6. The van der Waals surface area contributed by atoms with Gasteiger partial charge < -0.3 is 18.9 Å². The van der Waals surface area contributed by atoms with Crippen molar-refractivity contribution in [2.45, 2.75) is 44.9 Å². The number of ether oxygens (including phenoxy) is 4. The van der Waals surface area contributed by atoms with Crippen molar-refractivity contribution in [3.8, 4) is 5.75 Å². The third-order valence-corrected chi connectivity index (χ3v) is 6.35. The van der Waals surface area contributed by atoms with E-state index in [1.165, 1.54) is 5.56 Å². The lowest BCUT2D eigenvalue weighted by Gasteiger charge is -2.17. The Morgan fingerprint density at radius 1 is 0.730 bits per heavy atom. The van der Waals surface area contributed by atoms with E-state index < -0.39 is 30.3 Å². The molecule has 3 aromatic rings. The summed E-state index contributed by atoms with van der Waals surface area (Å²) in [7, 11) is 0. The van der Waals surface area contributed by atoms with E-state index >= 15 is 0 Å². The average Bonchev–Trinajstić information content (AvgIpc) is 3.49. The number of aryl methyl sites for hydroxylation is 2. The van der Waals surface area contributed by atoms with Gasteiger partial charge in [0.05, 0.1) is 24.3 Å². The number of esters is 2. The lowest BCUT2D eigenvalue weighted by Crippen LogP contribution is -2.35. The molecule has 0 spiro atoms. The Bertz CT molecular complexity index is 1220. The molecule has 2 fully saturated rings. The first-order valence-corrected chi connectivity index (χ1v) is 12.1. The number of rotatable bonds is 8. The fourth-order valence-corrected chi connectivity index (χ4v) is 4.21. The minimum absolute atomic E-state index is 0.200. The molecule has 192 valence electrons. The summed E-state index contributed by atoms with van der Waals surface area (Å²) in [6.45, 7) is 4.75. The van der Waals surface area contributed by atoms with Crippen molar-refractivity contribution in [2.75, 3.05) is 13.2 Å². The molecule has 8 heteroatoms. The van der Waals surface area contributed by atoms with Gasteiger partial charge in [0.1, 0.15) is 30.7 Å². The molecule has 3 aromatic carbocycles. The Hall–Kier alpha value is -3.56. The number of carbonyl (C=O) groups excluding carboxylic acids is 2. The first-order chi connectivity index (χ1) is 18.0. The molecular weight excluding hydrogens is 476 g/mol. The summed E-state index contributed by atoms with van der Waals surface area (Å²) in [6.07, 6.45) is -1.81. The molecule has 37 heavy (non-hydrogen) atoms. The SMILES string of the molecule is Cc1ccc(COO[C@H]2COC3C(OC(=O)c4ccc(OC(=O)c5ccc(C)cc5)cc4)COC32)cc1. The van der Waals surface area contributed by atoms with Crippen LogP contribution in [0.3, 0.4) is 0 Å². The van der Waals surface area contributed by atoms with Crippen LogP contribution in [0.2, 0.25) is 0 Å². The van der Waals surface area contributed by atoms with Gasteiger partial charge in [-0.2, -0.15) is 0 Å². The van der Waals surface area contributed by atoms with Crippen LogP contribution in [0.4, 0.5) is 0 Å².